The fourth-order valence-corrected chi connectivity index (χ4v) is 3.00. The summed E-state index contributed by atoms with van der Waals surface area (Å²) >= 11 is 0. The Morgan fingerprint density at radius 3 is 2.24 bits per heavy atom. The molecule has 0 aromatic heterocycles. The Hall–Kier alpha value is -4.40. The number of nitrogens with one attached hydrogen (secondary N) is 3. The molecule has 0 aliphatic carbocycles. The number of carbonyl (C=O) groups is 3. The molecule has 9 heteroatoms. The first kappa shape index (κ1) is 23.3. The predicted molar refractivity (Wildman–Crippen MR) is 124 cm³/mol. The Balaban J connectivity index is 1.69. The minimum Gasteiger partial charge on any atom is -0.495 e. The maximum atomic E-state index is 13.4. The van der Waals surface area contributed by atoms with Gasteiger partial charge in [-0.05, 0) is 67.6 Å². The second kappa shape index (κ2) is 10.3. The van der Waals surface area contributed by atoms with Gasteiger partial charge in [-0.25, -0.2) is 4.39 Å². The van der Waals surface area contributed by atoms with Crippen LogP contribution in [-0.4, -0.2) is 30.9 Å². The molecule has 5 N–H and O–H groups in total. The van der Waals surface area contributed by atoms with Crippen LogP contribution >= 0.6 is 0 Å². The second-order valence-corrected chi connectivity index (χ2v) is 7.18. The van der Waals surface area contributed by atoms with E-state index in [0.717, 1.165) is 6.07 Å². The monoisotopic (exact) mass is 450 g/mol. The van der Waals surface area contributed by atoms with Crippen LogP contribution in [0, 0.1) is 5.82 Å². The van der Waals surface area contributed by atoms with Crippen LogP contribution in [0.5, 0.6) is 5.75 Å². The van der Waals surface area contributed by atoms with Crippen LogP contribution in [0.4, 0.5) is 21.5 Å². The molecule has 0 spiro atoms. The average Bonchev–Trinajstić information content (AvgIpc) is 2.79. The lowest BCUT2D eigenvalue weighted by Gasteiger charge is -2.17. The molecule has 0 saturated heterocycles. The van der Waals surface area contributed by atoms with E-state index >= 15 is 0 Å². The van der Waals surface area contributed by atoms with Gasteiger partial charge in [0.25, 0.3) is 5.91 Å². The van der Waals surface area contributed by atoms with Crippen LogP contribution in [0.25, 0.3) is 0 Å². The van der Waals surface area contributed by atoms with Crippen LogP contribution in [0.1, 0.15) is 27.6 Å². The summed E-state index contributed by atoms with van der Waals surface area (Å²) in [5.41, 5.74) is 7.13. The van der Waals surface area contributed by atoms with Gasteiger partial charge in [-0.15, -0.1) is 0 Å². The van der Waals surface area contributed by atoms with E-state index in [1.807, 2.05) is 0 Å². The van der Waals surface area contributed by atoms with Crippen molar-refractivity contribution in [1.29, 1.82) is 0 Å². The summed E-state index contributed by atoms with van der Waals surface area (Å²) in [6, 6.07) is 15.8. The lowest BCUT2D eigenvalue weighted by molar-refractivity contribution is -0.116. The SMILES string of the molecule is COc1ccc(NC(C)C(=O)Nc2ccc(C(N)=O)cc2)cc1NC(=O)c1cccc(F)c1. The van der Waals surface area contributed by atoms with Crippen LogP contribution in [0.15, 0.2) is 66.7 Å². The van der Waals surface area contributed by atoms with Crippen molar-refractivity contribution < 1.29 is 23.5 Å². The van der Waals surface area contributed by atoms with E-state index < -0.39 is 23.7 Å². The van der Waals surface area contributed by atoms with E-state index in [9.17, 15) is 18.8 Å². The van der Waals surface area contributed by atoms with Gasteiger partial charge in [0.2, 0.25) is 11.8 Å². The van der Waals surface area contributed by atoms with Gasteiger partial charge in [0.15, 0.2) is 0 Å². The lowest BCUT2D eigenvalue weighted by Crippen LogP contribution is -2.31. The van der Waals surface area contributed by atoms with Crippen molar-refractivity contribution in [2.45, 2.75) is 13.0 Å². The van der Waals surface area contributed by atoms with Crippen molar-refractivity contribution in [3.63, 3.8) is 0 Å². The third kappa shape index (κ3) is 6.07. The summed E-state index contributed by atoms with van der Waals surface area (Å²) in [6.07, 6.45) is 0. The molecule has 0 aliphatic heterocycles. The minimum absolute atomic E-state index is 0.158. The highest BCUT2D eigenvalue weighted by Gasteiger charge is 2.16. The first-order valence-electron chi connectivity index (χ1n) is 9.99. The molecule has 0 saturated carbocycles. The fraction of sp³-hybridized carbons (Fsp3) is 0.125. The number of anilines is 3. The molecule has 3 rings (SSSR count). The third-order valence-corrected chi connectivity index (χ3v) is 4.75. The number of halogens is 1. The van der Waals surface area contributed by atoms with Crippen LogP contribution in [0.2, 0.25) is 0 Å². The summed E-state index contributed by atoms with van der Waals surface area (Å²) in [7, 11) is 1.46. The van der Waals surface area contributed by atoms with Gasteiger partial charge >= 0.3 is 0 Å². The van der Waals surface area contributed by atoms with Crippen LogP contribution in [-0.2, 0) is 4.79 Å². The van der Waals surface area contributed by atoms with E-state index in [-0.39, 0.29) is 11.5 Å². The number of hydrogen-bond donors (Lipinski definition) is 4. The summed E-state index contributed by atoms with van der Waals surface area (Å²) in [4.78, 5) is 36.2. The van der Waals surface area contributed by atoms with Crippen molar-refractivity contribution in [2.75, 3.05) is 23.1 Å². The van der Waals surface area contributed by atoms with Gasteiger partial charge in [-0.2, -0.15) is 0 Å². The first-order valence-corrected chi connectivity index (χ1v) is 9.99. The average molecular weight is 450 g/mol. The molecule has 1 unspecified atom stereocenters. The number of benzene rings is 3. The van der Waals surface area contributed by atoms with E-state index in [4.69, 9.17) is 10.5 Å². The van der Waals surface area contributed by atoms with Crippen molar-refractivity contribution in [1.82, 2.24) is 0 Å². The summed E-state index contributed by atoms with van der Waals surface area (Å²) in [5, 5.41) is 8.49. The minimum atomic E-state index is -0.638. The maximum absolute atomic E-state index is 13.4. The molecule has 170 valence electrons. The van der Waals surface area contributed by atoms with Gasteiger partial charge < -0.3 is 26.4 Å². The topological polar surface area (TPSA) is 123 Å². The normalized spacial score (nSPS) is 11.2. The molecule has 3 aromatic carbocycles. The molecular formula is C24H23FN4O4. The number of hydrogen-bond acceptors (Lipinski definition) is 5. The largest absolute Gasteiger partial charge is 0.495 e. The van der Waals surface area contributed by atoms with Gasteiger partial charge in [0.05, 0.1) is 12.8 Å². The molecule has 8 nitrogen and oxygen atoms in total. The molecule has 0 heterocycles. The number of nitrogens with two attached hydrogens (primary N) is 1. The quantitative estimate of drug-likeness (QED) is 0.417. The highest BCUT2D eigenvalue weighted by Crippen LogP contribution is 2.29. The standard InChI is InChI=1S/C24H23FN4O4/c1-14(23(31)28-18-8-6-15(7-9-18)22(26)30)27-19-10-11-21(33-2)20(13-19)29-24(32)16-4-3-5-17(25)12-16/h3-14,27H,1-2H3,(H2,26,30)(H,28,31)(H,29,32). The molecule has 33 heavy (non-hydrogen) atoms. The van der Waals surface area contributed by atoms with E-state index in [1.165, 1.54) is 37.4 Å². The number of primary amides is 1. The van der Waals surface area contributed by atoms with Crippen LogP contribution < -0.4 is 26.4 Å². The Morgan fingerprint density at radius 2 is 1.61 bits per heavy atom. The predicted octanol–water partition coefficient (Wildman–Crippen LogP) is 3.62. The van der Waals surface area contributed by atoms with Crippen molar-refractivity contribution in [3.8, 4) is 5.75 Å². The zero-order valence-electron chi connectivity index (χ0n) is 18.0. The first-order chi connectivity index (χ1) is 15.8. The second-order valence-electron chi connectivity index (χ2n) is 7.18. The summed E-state index contributed by atoms with van der Waals surface area (Å²) in [5.74, 6) is -1.49. The smallest absolute Gasteiger partial charge is 0.255 e. The highest BCUT2D eigenvalue weighted by molar-refractivity contribution is 6.05. The zero-order valence-corrected chi connectivity index (χ0v) is 18.0. The molecule has 0 radical (unpaired) electrons. The van der Waals surface area contributed by atoms with Crippen molar-refractivity contribution >= 4 is 34.8 Å². The Kier molecular flexibility index (Phi) is 7.24. The summed E-state index contributed by atoms with van der Waals surface area (Å²) in [6.45, 7) is 1.67. The molecule has 3 aromatic rings. The van der Waals surface area contributed by atoms with Crippen molar-refractivity contribution in [2.24, 2.45) is 5.73 Å². The number of rotatable bonds is 8. The molecule has 0 bridgehead atoms. The van der Waals surface area contributed by atoms with E-state index in [1.54, 1.807) is 37.3 Å². The summed E-state index contributed by atoms with van der Waals surface area (Å²) < 4.78 is 18.7. The van der Waals surface area contributed by atoms with Crippen molar-refractivity contribution in [3.05, 3.63) is 83.7 Å². The number of amides is 3. The van der Waals surface area contributed by atoms with E-state index in [0.29, 0.717) is 28.4 Å². The zero-order chi connectivity index (χ0) is 24.0. The van der Waals surface area contributed by atoms with E-state index in [2.05, 4.69) is 16.0 Å². The highest BCUT2D eigenvalue weighted by atomic mass is 19.1. The molecule has 3 amide bonds. The third-order valence-electron chi connectivity index (χ3n) is 4.75. The van der Waals surface area contributed by atoms with Gasteiger partial charge in [-0.1, -0.05) is 6.07 Å². The Bertz CT molecular complexity index is 1180. The Labute approximate surface area is 189 Å². The molecule has 0 fully saturated rings. The molecular weight excluding hydrogens is 427 g/mol. The van der Waals surface area contributed by atoms with Gasteiger partial charge in [-0.3, -0.25) is 14.4 Å². The molecule has 0 aliphatic rings. The lowest BCUT2D eigenvalue weighted by atomic mass is 10.1. The number of methoxy groups -OCH3 is 1. The maximum Gasteiger partial charge on any atom is 0.255 e. The molecule has 1 atom stereocenters. The fourth-order valence-electron chi connectivity index (χ4n) is 3.00. The van der Waals surface area contributed by atoms with Gasteiger partial charge in [0, 0.05) is 22.5 Å². The van der Waals surface area contributed by atoms with Crippen LogP contribution in [0.3, 0.4) is 0 Å². The Morgan fingerprint density at radius 1 is 0.909 bits per heavy atom. The van der Waals surface area contributed by atoms with Gasteiger partial charge in [0.1, 0.15) is 17.6 Å². The number of ether oxygens (including phenoxy) is 1. The number of carbonyl (C=O) groups excluding carboxylic acids is 3.